The van der Waals surface area contributed by atoms with E-state index >= 15 is 0 Å². The van der Waals surface area contributed by atoms with E-state index < -0.39 is 71.1 Å². The fourth-order valence-corrected chi connectivity index (χ4v) is 6.06. The van der Waals surface area contributed by atoms with E-state index in [9.17, 15) is 29.1 Å². The monoisotopic (exact) mass is 598 g/mol. The number of esters is 4. The van der Waals surface area contributed by atoms with Crippen molar-refractivity contribution >= 4 is 29.7 Å². The molecule has 43 heavy (non-hydrogen) atoms. The Bertz CT molecular complexity index is 1310. The Morgan fingerprint density at radius 3 is 2.02 bits per heavy atom. The van der Waals surface area contributed by atoms with Crippen molar-refractivity contribution in [3.8, 4) is 0 Å². The van der Waals surface area contributed by atoms with Crippen molar-refractivity contribution in [3.63, 3.8) is 0 Å². The second-order valence-electron chi connectivity index (χ2n) is 12.2. The second kappa shape index (κ2) is 13.2. The van der Waals surface area contributed by atoms with Gasteiger partial charge in [-0.1, -0.05) is 51.1 Å². The number of Topliss-reactive ketones (excluding diaryl/α,β-unsaturated/α-hetero) is 1. The van der Waals surface area contributed by atoms with E-state index in [-0.39, 0.29) is 18.6 Å². The van der Waals surface area contributed by atoms with Gasteiger partial charge in [-0.25, -0.2) is 4.79 Å². The van der Waals surface area contributed by atoms with Gasteiger partial charge in [0.15, 0.2) is 11.7 Å². The molecule has 0 spiro atoms. The number of carbonyl (C=O) groups is 5. The smallest absolute Gasteiger partial charge is 0.338 e. The molecular weight excluding hydrogens is 556 g/mol. The molecule has 0 bridgehead atoms. The molecule has 0 saturated heterocycles. The van der Waals surface area contributed by atoms with Crippen molar-refractivity contribution in [2.75, 3.05) is 0 Å². The lowest BCUT2D eigenvalue weighted by molar-refractivity contribution is -0.186. The Kier molecular flexibility index (Phi) is 10.4. The molecule has 0 aromatic heterocycles. The van der Waals surface area contributed by atoms with Crippen molar-refractivity contribution in [2.45, 2.75) is 98.2 Å². The van der Waals surface area contributed by atoms with E-state index in [0.29, 0.717) is 16.7 Å². The van der Waals surface area contributed by atoms with Gasteiger partial charge in [-0.2, -0.15) is 0 Å². The van der Waals surface area contributed by atoms with Gasteiger partial charge in [0.1, 0.15) is 18.0 Å². The summed E-state index contributed by atoms with van der Waals surface area (Å²) in [6.07, 6.45) is -1.48. The lowest BCUT2D eigenvalue weighted by Gasteiger charge is -2.42. The van der Waals surface area contributed by atoms with Gasteiger partial charge in [0.05, 0.1) is 23.0 Å². The van der Waals surface area contributed by atoms with E-state index in [1.165, 1.54) is 26.8 Å². The Morgan fingerprint density at radius 2 is 1.47 bits per heavy atom. The van der Waals surface area contributed by atoms with Crippen LogP contribution < -0.4 is 0 Å². The number of hydrogen-bond acceptors (Lipinski definition) is 10. The molecule has 1 saturated carbocycles. The van der Waals surface area contributed by atoms with Gasteiger partial charge in [-0.15, -0.1) is 0 Å². The minimum absolute atomic E-state index is 0.119. The molecular formula is C33H42O10. The van der Waals surface area contributed by atoms with Gasteiger partial charge in [-0.3, -0.25) is 19.2 Å². The summed E-state index contributed by atoms with van der Waals surface area (Å²) in [5.74, 6) is -4.25. The molecule has 0 radical (unpaired) electrons. The number of hydrogen-bond donors (Lipinski definition) is 1. The minimum atomic E-state index is -1.59. The maximum absolute atomic E-state index is 13.5. The topological polar surface area (TPSA) is 143 Å². The number of benzene rings is 1. The van der Waals surface area contributed by atoms with E-state index in [1.807, 2.05) is 6.92 Å². The van der Waals surface area contributed by atoms with Gasteiger partial charge in [-0.05, 0) is 49.5 Å². The van der Waals surface area contributed by atoms with Crippen LogP contribution in [-0.2, 0) is 38.1 Å². The first-order chi connectivity index (χ1) is 20.0. The molecule has 1 N–H and O–H groups in total. The third kappa shape index (κ3) is 7.41. The van der Waals surface area contributed by atoms with Gasteiger partial charge in [0, 0.05) is 27.2 Å². The van der Waals surface area contributed by atoms with Crippen molar-refractivity contribution in [2.24, 2.45) is 17.3 Å². The van der Waals surface area contributed by atoms with Gasteiger partial charge >= 0.3 is 23.9 Å². The van der Waals surface area contributed by atoms with Crippen LogP contribution in [0.5, 0.6) is 0 Å². The molecule has 3 rings (SSSR count). The normalized spacial score (nSPS) is 30.8. The molecule has 2 aliphatic carbocycles. The Morgan fingerprint density at radius 1 is 0.860 bits per heavy atom. The summed E-state index contributed by atoms with van der Waals surface area (Å²) in [4.78, 5) is 64.2. The quantitative estimate of drug-likeness (QED) is 0.296. The summed E-state index contributed by atoms with van der Waals surface area (Å²) < 4.78 is 23.6. The summed E-state index contributed by atoms with van der Waals surface area (Å²) >= 11 is 0. The van der Waals surface area contributed by atoms with Crippen LogP contribution in [0.25, 0.3) is 0 Å². The second-order valence-corrected chi connectivity index (χ2v) is 12.2. The van der Waals surface area contributed by atoms with Crippen LogP contribution in [0, 0.1) is 17.3 Å². The average molecular weight is 599 g/mol. The van der Waals surface area contributed by atoms with Crippen molar-refractivity contribution in [1.29, 1.82) is 0 Å². The van der Waals surface area contributed by atoms with Crippen LogP contribution in [0.4, 0.5) is 0 Å². The SMILES string of the molecule is CC(=O)O[C@@H]1C(C)=C[C@H](O)C(C)(C)C(=O)C[C@@H](OC(C)=O)C(C)=C[C@H]2[C@@H](OC(=O)c3ccccc3)[C@H](C)C[C@]12OC(C)=O. The fraction of sp³-hybridized carbons (Fsp3) is 0.545. The van der Waals surface area contributed by atoms with Crippen LogP contribution in [0.3, 0.4) is 0 Å². The largest absolute Gasteiger partial charge is 0.458 e. The third-order valence-corrected chi connectivity index (χ3v) is 8.36. The van der Waals surface area contributed by atoms with Crippen LogP contribution in [0.2, 0.25) is 0 Å². The molecule has 234 valence electrons. The van der Waals surface area contributed by atoms with Gasteiger partial charge in [0.2, 0.25) is 0 Å². The lowest BCUT2D eigenvalue weighted by Crippen LogP contribution is -2.53. The Hall–Kier alpha value is -3.79. The van der Waals surface area contributed by atoms with Crippen molar-refractivity contribution < 1.29 is 48.0 Å². The standard InChI is InChI=1S/C33H42O10/c1-18-14-25-29(42-31(39)24-12-10-9-11-13-24)20(3)17-33(25,43-23(6)36)30(41-22(5)35)19(2)15-27(37)32(7,8)28(38)16-26(18)40-21(4)34/h9-15,20,25-27,29-30,37H,16-17H2,1-8H3/t20-,25+,26-,27+,29+,30-,33-/m1/s1. The number of fused-ring (bicyclic) bond motifs is 1. The number of aliphatic hydroxyl groups excluding tert-OH is 1. The molecule has 1 aromatic carbocycles. The van der Waals surface area contributed by atoms with Crippen LogP contribution in [0.1, 0.15) is 78.6 Å². The number of carbonyl (C=O) groups excluding carboxylic acids is 5. The molecule has 0 amide bonds. The molecule has 10 nitrogen and oxygen atoms in total. The molecule has 10 heteroatoms. The zero-order chi connectivity index (χ0) is 32.3. The molecule has 2 aliphatic rings. The molecule has 1 fully saturated rings. The zero-order valence-corrected chi connectivity index (χ0v) is 26.0. The lowest BCUT2D eigenvalue weighted by atomic mass is 9.75. The summed E-state index contributed by atoms with van der Waals surface area (Å²) in [5, 5.41) is 11.3. The van der Waals surface area contributed by atoms with Crippen LogP contribution in [0.15, 0.2) is 53.6 Å². The predicted octanol–water partition coefficient (Wildman–Crippen LogP) is 4.29. The summed E-state index contributed by atoms with van der Waals surface area (Å²) in [6.45, 7) is 11.9. The van der Waals surface area contributed by atoms with E-state index in [1.54, 1.807) is 64.1 Å². The zero-order valence-electron chi connectivity index (χ0n) is 26.0. The summed E-state index contributed by atoms with van der Waals surface area (Å²) in [6, 6.07) is 8.41. The first-order valence-electron chi connectivity index (χ1n) is 14.4. The first kappa shape index (κ1) is 33.7. The van der Waals surface area contributed by atoms with Crippen LogP contribution in [-0.4, -0.2) is 64.8 Å². The predicted molar refractivity (Wildman–Crippen MR) is 155 cm³/mol. The minimum Gasteiger partial charge on any atom is -0.458 e. The molecule has 0 heterocycles. The van der Waals surface area contributed by atoms with Gasteiger partial charge in [0.25, 0.3) is 0 Å². The Labute approximate surface area is 252 Å². The highest BCUT2D eigenvalue weighted by Crippen LogP contribution is 2.51. The third-order valence-electron chi connectivity index (χ3n) is 8.36. The van der Waals surface area contributed by atoms with E-state index in [2.05, 4.69) is 0 Å². The maximum Gasteiger partial charge on any atom is 0.338 e. The van der Waals surface area contributed by atoms with Crippen LogP contribution >= 0.6 is 0 Å². The number of rotatable bonds is 5. The number of ether oxygens (including phenoxy) is 4. The highest BCUT2D eigenvalue weighted by molar-refractivity contribution is 5.89. The first-order valence-corrected chi connectivity index (χ1v) is 14.4. The average Bonchev–Trinajstić information content (AvgIpc) is 3.15. The summed E-state index contributed by atoms with van der Waals surface area (Å²) in [5.41, 5.74) is -1.80. The highest BCUT2D eigenvalue weighted by Gasteiger charge is 2.61. The number of ketones is 1. The maximum atomic E-state index is 13.5. The molecule has 1 aromatic rings. The van der Waals surface area contributed by atoms with E-state index in [0.717, 1.165) is 0 Å². The Balaban J connectivity index is 2.33. The molecule has 0 unspecified atom stereocenters. The number of aliphatic hydroxyl groups is 1. The van der Waals surface area contributed by atoms with E-state index in [4.69, 9.17) is 18.9 Å². The van der Waals surface area contributed by atoms with Crippen molar-refractivity contribution in [1.82, 2.24) is 0 Å². The molecule has 7 atom stereocenters. The van der Waals surface area contributed by atoms with Gasteiger partial charge < -0.3 is 24.1 Å². The summed E-state index contributed by atoms with van der Waals surface area (Å²) in [7, 11) is 0. The molecule has 0 aliphatic heterocycles. The highest BCUT2D eigenvalue weighted by atomic mass is 16.6. The fourth-order valence-electron chi connectivity index (χ4n) is 6.06. The van der Waals surface area contributed by atoms with Crippen molar-refractivity contribution in [3.05, 3.63) is 59.2 Å².